The lowest BCUT2D eigenvalue weighted by molar-refractivity contribution is -0.148. The summed E-state index contributed by atoms with van der Waals surface area (Å²) in [6.45, 7) is 11.4. The Balaban J connectivity index is 2.47. The fourth-order valence-electron chi connectivity index (χ4n) is 4.63. The van der Waals surface area contributed by atoms with E-state index < -0.39 is 23.8 Å². The van der Waals surface area contributed by atoms with Crippen molar-refractivity contribution in [1.29, 1.82) is 0 Å². The fraction of sp³-hybridized carbons (Fsp3) is 0.731. The van der Waals surface area contributed by atoms with Crippen LogP contribution in [0.5, 0.6) is 0 Å². The molecule has 1 fully saturated rings. The normalized spacial score (nSPS) is 26.4. The summed E-state index contributed by atoms with van der Waals surface area (Å²) in [5.41, 5.74) is -0.227. The average molecular weight is 501 g/mol. The Labute approximate surface area is 208 Å². The summed E-state index contributed by atoms with van der Waals surface area (Å²) in [4.78, 5) is 15.2. The predicted molar refractivity (Wildman–Crippen MR) is 133 cm³/mol. The van der Waals surface area contributed by atoms with Gasteiger partial charge in [0.2, 0.25) is 0 Å². The molecule has 1 saturated heterocycles. The Kier molecular flexibility index (Phi) is 12.0. The number of hydrogen-bond donors (Lipinski definition) is 3. The summed E-state index contributed by atoms with van der Waals surface area (Å²) in [6, 6.07) is 4.82. The topological polar surface area (TPSA) is 65.6 Å². The number of esters is 1. The molecule has 6 nitrogen and oxygen atoms in total. The first kappa shape index (κ1) is 29.5. The maximum absolute atomic E-state index is 13.2. The number of hydrogen-bond acceptors (Lipinski definition) is 6. The van der Waals surface area contributed by atoms with E-state index in [0.717, 1.165) is 50.9 Å². The zero-order valence-corrected chi connectivity index (χ0v) is 21.8. The lowest BCUT2D eigenvalue weighted by atomic mass is 9.98. The van der Waals surface area contributed by atoms with Crippen molar-refractivity contribution in [2.24, 2.45) is 0 Å². The van der Waals surface area contributed by atoms with Gasteiger partial charge < -0.3 is 20.7 Å². The fourth-order valence-corrected chi connectivity index (χ4v) is 4.63. The van der Waals surface area contributed by atoms with Gasteiger partial charge in [-0.1, -0.05) is 39.8 Å². The van der Waals surface area contributed by atoms with E-state index in [2.05, 4.69) is 48.5 Å². The average Bonchev–Trinajstić information content (AvgIpc) is 2.85. The minimum atomic E-state index is -4.43. The number of halogens is 3. The van der Waals surface area contributed by atoms with Crippen molar-refractivity contribution < 1.29 is 22.7 Å². The Hall–Kier alpha value is -1.68. The van der Waals surface area contributed by atoms with Crippen LogP contribution in [0.2, 0.25) is 0 Å². The predicted octanol–water partition coefficient (Wildman–Crippen LogP) is 4.12. The SMILES string of the molecule is CC[C@@H]1CN[C@H](CC)CN(C(C(=O)OC)c2ccc(C(F)(F)F)cc2)[C@H](CC)CN[C@H](CC)CN1. The van der Waals surface area contributed by atoms with Crippen LogP contribution in [-0.2, 0) is 15.7 Å². The van der Waals surface area contributed by atoms with Gasteiger partial charge in [0, 0.05) is 50.3 Å². The van der Waals surface area contributed by atoms with Gasteiger partial charge in [-0.15, -0.1) is 0 Å². The number of carbonyl (C=O) groups is 1. The summed E-state index contributed by atoms with van der Waals surface area (Å²) < 4.78 is 44.7. The molecule has 200 valence electrons. The van der Waals surface area contributed by atoms with Crippen molar-refractivity contribution in [3.05, 3.63) is 35.4 Å². The third kappa shape index (κ3) is 8.44. The van der Waals surface area contributed by atoms with Crippen LogP contribution in [-0.4, -0.2) is 68.3 Å². The maximum atomic E-state index is 13.2. The van der Waals surface area contributed by atoms with Gasteiger partial charge in [-0.05, 0) is 43.4 Å². The quantitative estimate of drug-likeness (QED) is 0.490. The molecule has 3 N–H and O–H groups in total. The summed E-state index contributed by atoms with van der Waals surface area (Å²) in [5.74, 6) is -0.467. The van der Waals surface area contributed by atoms with Crippen molar-refractivity contribution in [3.8, 4) is 0 Å². The van der Waals surface area contributed by atoms with Gasteiger partial charge in [0.1, 0.15) is 6.04 Å². The van der Waals surface area contributed by atoms with Crippen LogP contribution in [0.3, 0.4) is 0 Å². The molecule has 1 aliphatic heterocycles. The first-order valence-corrected chi connectivity index (χ1v) is 12.9. The second-order valence-corrected chi connectivity index (χ2v) is 9.34. The third-order valence-corrected chi connectivity index (χ3v) is 7.11. The van der Waals surface area contributed by atoms with E-state index in [4.69, 9.17) is 4.74 Å². The molecule has 0 amide bonds. The minimum Gasteiger partial charge on any atom is -0.468 e. The van der Waals surface area contributed by atoms with Crippen LogP contribution in [0.25, 0.3) is 0 Å². The van der Waals surface area contributed by atoms with E-state index in [1.165, 1.54) is 19.2 Å². The molecule has 1 heterocycles. The molecular weight excluding hydrogens is 457 g/mol. The monoisotopic (exact) mass is 500 g/mol. The standard InChI is InChI=1S/C26H43F3N4O2/c1-6-20-15-31-22(8-3)17-33(23(9-4)16-32-21(7-2)14-30-20)24(25(34)35-5)18-10-12-19(13-11-18)26(27,28)29/h10-13,20-24,30-32H,6-9,14-17H2,1-5H3/t20-,21-,22-,23-,24?/m1/s1. The molecule has 1 unspecified atom stereocenters. The minimum absolute atomic E-state index is 0.00677. The largest absolute Gasteiger partial charge is 0.468 e. The van der Waals surface area contributed by atoms with E-state index in [1.54, 1.807) is 0 Å². The summed E-state index contributed by atoms with van der Waals surface area (Å²) in [7, 11) is 1.33. The molecule has 1 aromatic rings. The molecule has 0 aromatic heterocycles. The Morgan fingerprint density at radius 1 is 0.914 bits per heavy atom. The van der Waals surface area contributed by atoms with Crippen LogP contribution < -0.4 is 16.0 Å². The number of nitrogens with one attached hydrogen (secondary N) is 3. The molecule has 0 saturated carbocycles. The van der Waals surface area contributed by atoms with Crippen LogP contribution in [0.1, 0.15) is 70.5 Å². The van der Waals surface area contributed by atoms with Gasteiger partial charge in [0.05, 0.1) is 12.7 Å². The molecule has 0 spiro atoms. The molecule has 0 aliphatic carbocycles. The highest BCUT2D eigenvalue weighted by molar-refractivity contribution is 5.77. The van der Waals surface area contributed by atoms with Gasteiger partial charge >= 0.3 is 12.1 Å². The Bertz CT molecular complexity index is 760. The van der Waals surface area contributed by atoms with E-state index in [9.17, 15) is 18.0 Å². The highest BCUT2D eigenvalue weighted by Crippen LogP contribution is 2.32. The Morgan fingerprint density at radius 2 is 1.43 bits per heavy atom. The highest BCUT2D eigenvalue weighted by Gasteiger charge is 2.36. The number of benzene rings is 1. The van der Waals surface area contributed by atoms with E-state index >= 15 is 0 Å². The molecule has 0 radical (unpaired) electrons. The molecule has 1 aromatic carbocycles. The second-order valence-electron chi connectivity index (χ2n) is 9.34. The number of methoxy groups -OCH3 is 1. The summed E-state index contributed by atoms with van der Waals surface area (Å²) >= 11 is 0. The molecule has 0 bridgehead atoms. The summed E-state index contributed by atoms with van der Waals surface area (Å²) in [5, 5.41) is 11.0. The molecule has 5 atom stereocenters. The van der Waals surface area contributed by atoms with Crippen LogP contribution in [0.4, 0.5) is 13.2 Å². The molecule has 35 heavy (non-hydrogen) atoms. The number of ether oxygens (including phenoxy) is 1. The van der Waals surface area contributed by atoms with Crippen molar-refractivity contribution >= 4 is 5.97 Å². The van der Waals surface area contributed by atoms with Gasteiger partial charge in [-0.25, -0.2) is 4.79 Å². The van der Waals surface area contributed by atoms with Gasteiger partial charge in [0.15, 0.2) is 0 Å². The van der Waals surface area contributed by atoms with Crippen molar-refractivity contribution in [2.75, 3.05) is 33.3 Å². The number of carbonyl (C=O) groups excluding carboxylic acids is 1. The van der Waals surface area contributed by atoms with Crippen LogP contribution >= 0.6 is 0 Å². The molecule has 2 rings (SSSR count). The lowest BCUT2D eigenvalue weighted by Gasteiger charge is -2.40. The number of alkyl halides is 3. The van der Waals surface area contributed by atoms with E-state index in [0.29, 0.717) is 24.7 Å². The number of nitrogens with zero attached hydrogens (tertiary/aromatic N) is 1. The van der Waals surface area contributed by atoms with Gasteiger partial charge in [-0.3, -0.25) is 4.90 Å². The maximum Gasteiger partial charge on any atom is 0.416 e. The zero-order valence-electron chi connectivity index (χ0n) is 21.8. The van der Waals surface area contributed by atoms with E-state index in [-0.39, 0.29) is 18.1 Å². The van der Waals surface area contributed by atoms with Crippen molar-refractivity contribution in [3.63, 3.8) is 0 Å². The number of rotatable bonds is 7. The first-order valence-electron chi connectivity index (χ1n) is 12.9. The third-order valence-electron chi connectivity index (χ3n) is 7.11. The second kappa shape index (κ2) is 14.2. The van der Waals surface area contributed by atoms with Gasteiger partial charge in [-0.2, -0.15) is 13.2 Å². The first-order chi connectivity index (χ1) is 16.7. The Morgan fingerprint density at radius 3 is 1.89 bits per heavy atom. The summed E-state index contributed by atoms with van der Waals surface area (Å²) in [6.07, 6.45) is -0.838. The van der Waals surface area contributed by atoms with Gasteiger partial charge in [0.25, 0.3) is 0 Å². The molecule has 9 heteroatoms. The van der Waals surface area contributed by atoms with Crippen molar-refractivity contribution in [1.82, 2.24) is 20.9 Å². The zero-order chi connectivity index (χ0) is 26.0. The lowest BCUT2D eigenvalue weighted by Crippen LogP contribution is -2.56. The van der Waals surface area contributed by atoms with Crippen molar-refractivity contribution in [2.45, 2.75) is 89.8 Å². The molecule has 1 aliphatic rings. The highest BCUT2D eigenvalue weighted by atomic mass is 19.4. The van der Waals surface area contributed by atoms with Crippen LogP contribution in [0, 0.1) is 0 Å². The van der Waals surface area contributed by atoms with Crippen LogP contribution in [0.15, 0.2) is 24.3 Å². The molecular formula is C26H43F3N4O2. The smallest absolute Gasteiger partial charge is 0.416 e. The van der Waals surface area contributed by atoms with E-state index in [1.807, 2.05) is 0 Å².